The average molecular weight is 321 g/mol. The van der Waals surface area contributed by atoms with E-state index in [0.717, 1.165) is 16.5 Å². The van der Waals surface area contributed by atoms with Gasteiger partial charge >= 0.3 is 0 Å². The van der Waals surface area contributed by atoms with E-state index in [1.165, 1.54) is 0 Å². The van der Waals surface area contributed by atoms with Gasteiger partial charge < -0.3 is 10.8 Å². The van der Waals surface area contributed by atoms with E-state index in [9.17, 15) is 5.11 Å². The summed E-state index contributed by atoms with van der Waals surface area (Å²) in [5.41, 5.74) is 6.91. The third-order valence-corrected chi connectivity index (χ3v) is 3.73. The highest BCUT2D eigenvalue weighted by Crippen LogP contribution is 2.28. The van der Waals surface area contributed by atoms with E-state index in [-0.39, 0.29) is 0 Å². The Balaban J connectivity index is 2.74. The monoisotopic (exact) mass is 319 g/mol. The van der Waals surface area contributed by atoms with Crippen molar-refractivity contribution in [1.29, 1.82) is 0 Å². The second-order valence-electron chi connectivity index (χ2n) is 4.73. The maximum absolute atomic E-state index is 10.0. The number of rotatable bonds is 5. The van der Waals surface area contributed by atoms with E-state index in [1.807, 2.05) is 6.07 Å². The molecule has 1 rings (SSSR count). The quantitative estimate of drug-likeness (QED) is 0.864. The number of benzene rings is 1. The molecule has 1 aromatic carbocycles. The molecular weight excluding hydrogens is 302 g/mol. The van der Waals surface area contributed by atoms with Gasteiger partial charge in [-0.05, 0) is 42.5 Å². The van der Waals surface area contributed by atoms with Gasteiger partial charge in [0.05, 0.1) is 12.1 Å². The Labute approximate surface area is 116 Å². The molecule has 0 aliphatic heterocycles. The minimum Gasteiger partial charge on any atom is -0.391 e. The van der Waals surface area contributed by atoms with Crippen LogP contribution in [0.4, 0.5) is 0 Å². The zero-order valence-corrected chi connectivity index (χ0v) is 12.5. The van der Waals surface area contributed by atoms with Gasteiger partial charge in [-0.15, -0.1) is 0 Å². The number of aliphatic hydroxyl groups is 1. The van der Waals surface area contributed by atoms with Gasteiger partial charge in [0.1, 0.15) is 0 Å². The third-order valence-electron chi connectivity index (χ3n) is 2.77. The first-order valence-corrected chi connectivity index (χ1v) is 6.97. The van der Waals surface area contributed by atoms with Gasteiger partial charge in [0.25, 0.3) is 0 Å². The van der Waals surface area contributed by atoms with Gasteiger partial charge in [0.2, 0.25) is 0 Å². The molecule has 0 saturated carbocycles. The number of nitrogens with two attached hydrogens (primary N) is 1. The lowest BCUT2D eigenvalue weighted by Crippen LogP contribution is -2.26. The lowest BCUT2D eigenvalue weighted by Gasteiger charge is -2.21. The van der Waals surface area contributed by atoms with E-state index in [2.05, 4.69) is 29.8 Å². The maximum atomic E-state index is 10.0. The number of hydrogen-bond donors (Lipinski definition) is 2. The first-order chi connectivity index (χ1) is 7.91. The smallest absolute Gasteiger partial charge is 0.0733 e. The summed E-state index contributed by atoms with van der Waals surface area (Å²) in [6.07, 6.45) is 1.14. The van der Waals surface area contributed by atoms with Gasteiger partial charge in [-0.1, -0.05) is 41.4 Å². The molecule has 0 aromatic heterocycles. The van der Waals surface area contributed by atoms with Crippen molar-refractivity contribution in [2.75, 3.05) is 0 Å². The first kappa shape index (κ1) is 15.0. The molecule has 0 aliphatic rings. The normalized spacial score (nSPS) is 15.0. The second-order valence-corrected chi connectivity index (χ2v) is 6.02. The van der Waals surface area contributed by atoms with Crippen molar-refractivity contribution in [3.05, 3.63) is 33.3 Å². The Morgan fingerprint density at radius 3 is 2.59 bits per heavy atom. The fraction of sp³-hybridized carbons (Fsp3) is 0.538. The molecule has 0 unspecified atom stereocenters. The Bertz CT molecular complexity index is 370. The zero-order valence-electron chi connectivity index (χ0n) is 10.2. The summed E-state index contributed by atoms with van der Waals surface area (Å²) < 4.78 is 0.887. The van der Waals surface area contributed by atoms with Crippen molar-refractivity contribution in [1.82, 2.24) is 0 Å². The fourth-order valence-corrected chi connectivity index (χ4v) is 2.35. The van der Waals surface area contributed by atoms with Crippen LogP contribution in [0.1, 0.15) is 38.3 Å². The first-order valence-electron chi connectivity index (χ1n) is 5.80. The highest BCUT2D eigenvalue weighted by Gasteiger charge is 2.19. The second kappa shape index (κ2) is 6.74. The van der Waals surface area contributed by atoms with Crippen molar-refractivity contribution < 1.29 is 5.11 Å². The van der Waals surface area contributed by atoms with Crippen molar-refractivity contribution in [3.63, 3.8) is 0 Å². The molecule has 1 aromatic rings. The fourth-order valence-electron chi connectivity index (χ4n) is 1.66. The molecule has 3 N–H and O–H groups in total. The maximum Gasteiger partial charge on any atom is 0.0733 e. The number of hydrogen-bond acceptors (Lipinski definition) is 2. The van der Waals surface area contributed by atoms with E-state index < -0.39 is 12.1 Å². The van der Waals surface area contributed by atoms with Crippen LogP contribution in [0.5, 0.6) is 0 Å². The minimum absolute atomic E-state index is 0.401. The molecule has 0 amide bonds. The van der Waals surface area contributed by atoms with Gasteiger partial charge in [-0.3, -0.25) is 0 Å². The van der Waals surface area contributed by atoms with Crippen molar-refractivity contribution in [2.24, 2.45) is 11.7 Å². The Hall–Kier alpha value is -0.0900. The highest BCUT2D eigenvalue weighted by atomic mass is 79.9. The summed E-state index contributed by atoms with van der Waals surface area (Å²) in [7, 11) is 0. The molecule has 2 atom stereocenters. The van der Waals surface area contributed by atoms with Crippen LogP contribution in [0.25, 0.3) is 0 Å². The lowest BCUT2D eigenvalue weighted by atomic mass is 9.96. The molecule has 0 radical (unpaired) electrons. The summed E-state index contributed by atoms with van der Waals surface area (Å²) in [4.78, 5) is 0. The van der Waals surface area contributed by atoms with E-state index in [0.29, 0.717) is 17.4 Å². The van der Waals surface area contributed by atoms with Crippen LogP contribution in [0, 0.1) is 5.92 Å². The van der Waals surface area contributed by atoms with E-state index >= 15 is 0 Å². The van der Waals surface area contributed by atoms with Gasteiger partial charge in [-0.2, -0.15) is 0 Å². The summed E-state index contributed by atoms with van der Waals surface area (Å²) >= 11 is 9.36. The summed E-state index contributed by atoms with van der Waals surface area (Å²) in [6, 6.07) is 5.05. The SMILES string of the molecule is CC(C)CC[C@@H](O)[C@@H](N)c1cc(Cl)ccc1Br. The number of halogens is 2. The topological polar surface area (TPSA) is 46.2 Å². The Morgan fingerprint density at radius 2 is 2.00 bits per heavy atom. The predicted molar refractivity (Wildman–Crippen MR) is 76.2 cm³/mol. The van der Waals surface area contributed by atoms with Crippen molar-refractivity contribution in [3.8, 4) is 0 Å². The highest BCUT2D eigenvalue weighted by molar-refractivity contribution is 9.10. The van der Waals surface area contributed by atoms with Crippen LogP contribution in [0.2, 0.25) is 5.02 Å². The standard InChI is InChI=1S/C13H19BrClNO/c1-8(2)3-6-12(17)13(16)10-7-9(15)4-5-11(10)14/h4-5,7-8,12-13,17H,3,6,16H2,1-2H3/t12-,13+/m1/s1. The average Bonchev–Trinajstić information content (AvgIpc) is 2.28. The van der Waals surface area contributed by atoms with E-state index in [1.54, 1.807) is 12.1 Å². The third kappa shape index (κ3) is 4.59. The van der Waals surface area contributed by atoms with Crippen molar-refractivity contribution >= 4 is 27.5 Å². The van der Waals surface area contributed by atoms with E-state index in [4.69, 9.17) is 17.3 Å². The molecule has 0 fully saturated rings. The minimum atomic E-state index is -0.535. The number of aliphatic hydroxyl groups excluding tert-OH is 1. The molecule has 0 spiro atoms. The molecular formula is C13H19BrClNO. The summed E-state index contributed by atoms with van der Waals surface area (Å²) in [5.74, 6) is 0.569. The van der Waals surface area contributed by atoms with Crippen molar-refractivity contribution in [2.45, 2.75) is 38.8 Å². The van der Waals surface area contributed by atoms with Crippen LogP contribution in [-0.4, -0.2) is 11.2 Å². The van der Waals surface area contributed by atoms with Crippen LogP contribution >= 0.6 is 27.5 Å². The lowest BCUT2D eigenvalue weighted by molar-refractivity contribution is 0.128. The molecule has 4 heteroatoms. The molecule has 0 saturated heterocycles. The Morgan fingerprint density at radius 1 is 1.35 bits per heavy atom. The molecule has 2 nitrogen and oxygen atoms in total. The van der Waals surface area contributed by atoms with Crippen LogP contribution < -0.4 is 5.73 Å². The molecule has 0 aliphatic carbocycles. The summed E-state index contributed by atoms with van der Waals surface area (Å²) in [5, 5.41) is 10.7. The van der Waals surface area contributed by atoms with Gasteiger partial charge in [0.15, 0.2) is 0 Å². The molecule has 17 heavy (non-hydrogen) atoms. The van der Waals surface area contributed by atoms with Crippen LogP contribution in [0.3, 0.4) is 0 Å². The van der Waals surface area contributed by atoms with Crippen LogP contribution in [0.15, 0.2) is 22.7 Å². The summed E-state index contributed by atoms with van der Waals surface area (Å²) in [6.45, 7) is 4.26. The molecule has 96 valence electrons. The largest absolute Gasteiger partial charge is 0.391 e. The Kier molecular flexibility index (Phi) is 5.93. The van der Waals surface area contributed by atoms with Gasteiger partial charge in [0, 0.05) is 9.50 Å². The van der Waals surface area contributed by atoms with Gasteiger partial charge in [-0.25, -0.2) is 0 Å². The molecule has 0 bridgehead atoms. The zero-order chi connectivity index (χ0) is 13.0. The molecule has 0 heterocycles. The van der Waals surface area contributed by atoms with Crippen LogP contribution in [-0.2, 0) is 0 Å². The predicted octanol–water partition coefficient (Wildman–Crippen LogP) is 3.90.